The van der Waals surface area contributed by atoms with Crippen molar-refractivity contribution in [2.45, 2.75) is 83.6 Å². The minimum Gasteiger partial charge on any atom is -0.407 e. The Morgan fingerprint density at radius 3 is 2.18 bits per heavy atom. The van der Waals surface area contributed by atoms with E-state index >= 15 is 0 Å². The zero-order valence-electron chi connectivity index (χ0n) is 15.4. The van der Waals surface area contributed by atoms with Crippen molar-refractivity contribution in [1.29, 1.82) is 0 Å². The first kappa shape index (κ1) is 19.6. The summed E-state index contributed by atoms with van der Waals surface area (Å²) in [6.07, 6.45) is 0.197. The Balaban J connectivity index is 2.76. The summed E-state index contributed by atoms with van der Waals surface area (Å²) in [5.41, 5.74) is 3.16. The minimum absolute atomic E-state index is 0.0437. The molecule has 1 aliphatic carbocycles. The van der Waals surface area contributed by atoms with Gasteiger partial charge in [-0.05, 0) is 31.0 Å². The van der Waals surface area contributed by atoms with Crippen molar-refractivity contribution in [2.24, 2.45) is 5.92 Å². The topological polar surface area (TPSA) is 46.5 Å². The van der Waals surface area contributed by atoms with Gasteiger partial charge in [0.15, 0.2) is 14.1 Å². The fraction of sp³-hybridized carbons (Fsp3) is 0.824. The van der Waals surface area contributed by atoms with E-state index in [0.717, 1.165) is 0 Å². The van der Waals surface area contributed by atoms with Gasteiger partial charge in [-0.15, -0.1) is 5.54 Å². The van der Waals surface area contributed by atoms with Crippen LogP contribution in [0.25, 0.3) is 0 Å². The van der Waals surface area contributed by atoms with Crippen molar-refractivity contribution in [3.8, 4) is 11.5 Å². The van der Waals surface area contributed by atoms with Crippen LogP contribution >= 0.6 is 0 Å². The molecule has 1 fully saturated rings. The first-order valence-corrected chi connectivity index (χ1v) is 14.6. The predicted octanol–water partition coefficient (Wildman–Crippen LogP) is 3.60. The first-order chi connectivity index (χ1) is 9.74. The summed E-state index contributed by atoms with van der Waals surface area (Å²) in [4.78, 5) is 12.6. The molecule has 0 amide bonds. The van der Waals surface area contributed by atoms with Crippen LogP contribution in [0.5, 0.6) is 0 Å². The second kappa shape index (κ2) is 6.60. The summed E-state index contributed by atoms with van der Waals surface area (Å²) >= 11 is 0. The number of carbonyl (C=O) groups excluding carboxylic acids is 1. The number of Topliss-reactive ketones (excluding diaryl/α,β-unsaturated/α-hetero) is 1. The van der Waals surface area contributed by atoms with Gasteiger partial charge in [-0.3, -0.25) is 4.79 Å². The average molecular weight is 341 g/mol. The molecule has 0 heterocycles. The molecular weight excluding hydrogens is 308 g/mol. The minimum atomic E-state index is -1.96. The number of ketones is 1. The van der Waals surface area contributed by atoms with Crippen LogP contribution in [0.1, 0.15) is 33.6 Å². The SMILES string of the molecule is CC(C)(C)[Si](C)(C)OC1CCC(C(O)C#C[Si](C)(C)C)C1=O. The Kier molecular flexibility index (Phi) is 5.89. The molecule has 0 bridgehead atoms. The Hall–Kier alpha value is -0.416. The van der Waals surface area contributed by atoms with Crippen LogP contribution in [0.3, 0.4) is 0 Å². The zero-order valence-corrected chi connectivity index (χ0v) is 17.4. The summed E-state index contributed by atoms with van der Waals surface area (Å²) < 4.78 is 6.24. The van der Waals surface area contributed by atoms with E-state index < -0.39 is 22.5 Å². The van der Waals surface area contributed by atoms with Gasteiger partial charge >= 0.3 is 0 Å². The molecule has 1 rings (SSSR count). The average Bonchev–Trinajstić information content (AvgIpc) is 2.65. The molecule has 0 aromatic heterocycles. The van der Waals surface area contributed by atoms with E-state index in [1.54, 1.807) is 0 Å². The third-order valence-corrected chi connectivity index (χ3v) is 10.0. The molecule has 0 aromatic rings. The third kappa shape index (κ3) is 5.05. The largest absolute Gasteiger partial charge is 0.407 e. The summed E-state index contributed by atoms with van der Waals surface area (Å²) in [6, 6.07) is 0. The van der Waals surface area contributed by atoms with E-state index in [0.29, 0.717) is 12.8 Å². The summed E-state index contributed by atoms with van der Waals surface area (Å²) in [5.74, 6) is 2.58. The van der Waals surface area contributed by atoms with Gasteiger partial charge in [0.05, 0.1) is 5.92 Å². The summed E-state index contributed by atoms with van der Waals surface area (Å²) in [7, 11) is -3.49. The van der Waals surface area contributed by atoms with Crippen LogP contribution in [0.4, 0.5) is 0 Å². The Morgan fingerprint density at radius 2 is 1.73 bits per heavy atom. The Bertz CT molecular complexity index is 475. The van der Waals surface area contributed by atoms with E-state index in [2.05, 4.69) is 65.0 Å². The molecule has 1 aliphatic rings. The van der Waals surface area contributed by atoms with Crippen LogP contribution in [-0.4, -0.2) is 39.5 Å². The van der Waals surface area contributed by atoms with Crippen molar-refractivity contribution in [2.75, 3.05) is 0 Å². The number of aliphatic hydroxyl groups excluding tert-OH is 1. The molecule has 0 aromatic carbocycles. The summed E-state index contributed by atoms with van der Waals surface area (Å²) in [6.45, 7) is 17.2. The molecule has 3 unspecified atom stereocenters. The van der Waals surface area contributed by atoms with Crippen LogP contribution in [0.2, 0.25) is 37.8 Å². The lowest BCUT2D eigenvalue weighted by Crippen LogP contribution is -2.45. The van der Waals surface area contributed by atoms with Gasteiger partial charge in [-0.25, -0.2) is 0 Å². The molecule has 0 radical (unpaired) electrons. The summed E-state index contributed by atoms with van der Waals surface area (Å²) in [5, 5.41) is 10.3. The second-order valence-electron chi connectivity index (χ2n) is 8.92. The Morgan fingerprint density at radius 1 is 1.18 bits per heavy atom. The van der Waals surface area contributed by atoms with E-state index in [-0.39, 0.29) is 22.8 Å². The lowest BCUT2D eigenvalue weighted by atomic mass is 10.0. The Labute approximate surface area is 138 Å². The highest BCUT2D eigenvalue weighted by atomic mass is 28.4. The molecule has 126 valence electrons. The molecule has 0 spiro atoms. The fourth-order valence-corrected chi connectivity index (χ4v) is 4.09. The van der Waals surface area contributed by atoms with Gasteiger partial charge in [0, 0.05) is 0 Å². The highest BCUT2D eigenvalue weighted by Gasteiger charge is 2.45. The molecule has 0 aliphatic heterocycles. The van der Waals surface area contributed by atoms with E-state index in [1.807, 2.05) is 0 Å². The van der Waals surface area contributed by atoms with Crippen LogP contribution in [0.15, 0.2) is 0 Å². The van der Waals surface area contributed by atoms with Crippen LogP contribution in [-0.2, 0) is 9.22 Å². The lowest BCUT2D eigenvalue weighted by Gasteiger charge is -2.38. The number of aliphatic hydroxyl groups is 1. The molecule has 1 saturated carbocycles. The highest BCUT2D eigenvalue weighted by molar-refractivity contribution is 6.83. The lowest BCUT2D eigenvalue weighted by molar-refractivity contribution is -0.128. The fourth-order valence-electron chi connectivity index (χ4n) is 2.21. The number of hydrogen-bond donors (Lipinski definition) is 1. The standard InChI is InChI=1S/C17H32O3Si2/c1-17(2,3)22(7,8)20-15-10-9-13(16(15)19)14(18)11-12-21(4,5)6/h13-15,18H,9-10H2,1-8H3. The van der Waals surface area contributed by atoms with Crippen molar-refractivity contribution >= 4 is 22.2 Å². The van der Waals surface area contributed by atoms with Gasteiger partial charge in [-0.2, -0.15) is 0 Å². The third-order valence-electron chi connectivity index (χ3n) is 4.64. The predicted molar refractivity (Wildman–Crippen MR) is 96.9 cm³/mol. The molecule has 22 heavy (non-hydrogen) atoms. The quantitative estimate of drug-likeness (QED) is 0.631. The van der Waals surface area contributed by atoms with Crippen LogP contribution < -0.4 is 0 Å². The molecule has 3 atom stereocenters. The molecular formula is C17H32O3Si2. The van der Waals surface area contributed by atoms with Crippen molar-refractivity contribution in [3.05, 3.63) is 0 Å². The first-order valence-electron chi connectivity index (χ1n) is 8.17. The second-order valence-corrected chi connectivity index (χ2v) is 18.4. The normalized spacial score (nSPS) is 24.9. The molecule has 0 saturated heterocycles. The van der Waals surface area contributed by atoms with Crippen LogP contribution in [0, 0.1) is 17.4 Å². The maximum atomic E-state index is 12.6. The molecule has 3 nitrogen and oxygen atoms in total. The van der Waals surface area contributed by atoms with E-state index in [1.165, 1.54) is 0 Å². The smallest absolute Gasteiger partial charge is 0.193 e. The van der Waals surface area contributed by atoms with Gasteiger partial charge in [0.25, 0.3) is 0 Å². The number of rotatable bonds is 3. The van der Waals surface area contributed by atoms with E-state index in [4.69, 9.17) is 4.43 Å². The van der Waals surface area contributed by atoms with Gasteiger partial charge in [-0.1, -0.05) is 46.3 Å². The highest BCUT2D eigenvalue weighted by Crippen LogP contribution is 2.39. The zero-order chi connectivity index (χ0) is 17.3. The molecule has 5 heteroatoms. The number of carbonyl (C=O) groups is 1. The van der Waals surface area contributed by atoms with Gasteiger partial charge in [0.1, 0.15) is 20.3 Å². The van der Waals surface area contributed by atoms with Crippen molar-refractivity contribution < 1.29 is 14.3 Å². The molecule has 1 N–H and O–H groups in total. The maximum absolute atomic E-state index is 12.6. The maximum Gasteiger partial charge on any atom is 0.193 e. The van der Waals surface area contributed by atoms with Crippen molar-refractivity contribution in [3.63, 3.8) is 0 Å². The van der Waals surface area contributed by atoms with E-state index in [9.17, 15) is 9.90 Å². The van der Waals surface area contributed by atoms with Crippen molar-refractivity contribution in [1.82, 2.24) is 0 Å². The number of hydrogen-bond acceptors (Lipinski definition) is 3. The monoisotopic (exact) mass is 340 g/mol. The van der Waals surface area contributed by atoms with Gasteiger partial charge in [0.2, 0.25) is 0 Å². The van der Waals surface area contributed by atoms with Gasteiger partial charge < -0.3 is 9.53 Å².